The summed E-state index contributed by atoms with van der Waals surface area (Å²) < 4.78 is 0. The van der Waals surface area contributed by atoms with Gasteiger partial charge in [-0.1, -0.05) is 131 Å². The Balaban J connectivity index is 2.51. The minimum absolute atomic E-state index is 0.0124. The van der Waals surface area contributed by atoms with Crippen LogP contribution in [0.2, 0.25) is 0 Å². The minimum Gasteiger partial charge on any atom is -0.388 e. The quantitative estimate of drug-likeness (QED) is 0.360. The molecule has 1 N–H and O–H groups in total. The van der Waals surface area contributed by atoms with Gasteiger partial charge in [0.1, 0.15) is 0 Å². The molecule has 0 radical (unpaired) electrons. The number of allylic oxidation sites excluding steroid dienone is 2. The summed E-state index contributed by atoms with van der Waals surface area (Å²) in [5.74, 6) is 0. The molecule has 0 fully saturated rings. The Labute approximate surface area is 170 Å². The highest BCUT2D eigenvalue weighted by molar-refractivity contribution is 5.33. The summed E-state index contributed by atoms with van der Waals surface area (Å²) in [4.78, 5) is 0. The second kappa shape index (κ2) is 10.8. The molecule has 0 bridgehead atoms. The molecule has 0 aromatic carbocycles. The van der Waals surface area contributed by atoms with E-state index in [9.17, 15) is 5.11 Å². The summed E-state index contributed by atoms with van der Waals surface area (Å²) in [7, 11) is 0. The van der Waals surface area contributed by atoms with Crippen LogP contribution in [0.4, 0.5) is 0 Å². The monoisotopic (exact) mass is 376 g/mol. The molecule has 0 spiro atoms. The van der Waals surface area contributed by atoms with Crippen LogP contribution in [-0.4, -0.2) is 11.2 Å². The van der Waals surface area contributed by atoms with E-state index < -0.39 is 0 Å². The molecule has 158 valence electrons. The van der Waals surface area contributed by atoms with Gasteiger partial charge in [-0.15, -0.1) is 0 Å². The molecule has 0 saturated heterocycles. The maximum atomic E-state index is 11.4. The fourth-order valence-electron chi connectivity index (χ4n) is 4.60. The normalized spacial score (nSPS) is 23.6. The van der Waals surface area contributed by atoms with Gasteiger partial charge >= 0.3 is 0 Å². The molecule has 0 saturated carbocycles. The lowest BCUT2D eigenvalue weighted by Gasteiger charge is -2.50. The highest BCUT2D eigenvalue weighted by Gasteiger charge is 2.48. The zero-order valence-corrected chi connectivity index (χ0v) is 19.5. The van der Waals surface area contributed by atoms with Crippen LogP contribution in [0.25, 0.3) is 0 Å². The first kappa shape index (κ1) is 24.5. The third-order valence-electron chi connectivity index (χ3n) is 6.66. The highest BCUT2D eigenvalue weighted by Crippen LogP contribution is 2.52. The van der Waals surface area contributed by atoms with Gasteiger partial charge < -0.3 is 5.11 Å². The van der Waals surface area contributed by atoms with Crippen LogP contribution in [0, 0.1) is 16.2 Å². The lowest BCUT2D eigenvalue weighted by molar-refractivity contribution is -0.0146. The van der Waals surface area contributed by atoms with E-state index in [4.69, 9.17) is 0 Å². The summed E-state index contributed by atoms with van der Waals surface area (Å²) in [6, 6.07) is 0. The van der Waals surface area contributed by atoms with E-state index in [1.807, 2.05) is 0 Å². The molecule has 2 atom stereocenters. The molecule has 2 unspecified atom stereocenters. The molecule has 1 heteroatoms. The van der Waals surface area contributed by atoms with Crippen molar-refractivity contribution in [3.05, 3.63) is 23.8 Å². The molecular weight excluding hydrogens is 328 g/mol. The average molecular weight is 377 g/mol. The number of hydrogen-bond acceptors (Lipinski definition) is 1. The van der Waals surface area contributed by atoms with E-state index in [1.54, 1.807) is 0 Å². The fraction of sp³-hybridized carbons (Fsp3) is 0.846. The van der Waals surface area contributed by atoms with Crippen molar-refractivity contribution in [1.82, 2.24) is 0 Å². The third kappa shape index (κ3) is 7.08. The van der Waals surface area contributed by atoms with Gasteiger partial charge in [0.05, 0.1) is 6.10 Å². The molecule has 1 aliphatic carbocycles. The van der Waals surface area contributed by atoms with Crippen LogP contribution in [0.5, 0.6) is 0 Å². The molecule has 27 heavy (non-hydrogen) atoms. The van der Waals surface area contributed by atoms with Crippen LogP contribution < -0.4 is 0 Å². The van der Waals surface area contributed by atoms with E-state index in [0.717, 1.165) is 6.42 Å². The lowest BCUT2D eigenvalue weighted by Crippen LogP contribution is -2.48. The predicted octanol–water partition coefficient (Wildman–Crippen LogP) is 8.23. The van der Waals surface area contributed by atoms with E-state index >= 15 is 0 Å². The maximum Gasteiger partial charge on any atom is 0.0854 e. The number of aliphatic hydroxyl groups is 1. The summed E-state index contributed by atoms with van der Waals surface area (Å²) in [5.41, 5.74) is 1.10. The van der Waals surface area contributed by atoms with Gasteiger partial charge in [0.25, 0.3) is 0 Å². The first-order valence-corrected chi connectivity index (χ1v) is 11.6. The Morgan fingerprint density at radius 2 is 1.30 bits per heavy atom. The Morgan fingerprint density at radius 1 is 0.815 bits per heavy atom. The highest BCUT2D eigenvalue weighted by atomic mass is 16.3. The first-order valence-electron chi connectivity index (χ1n) is 11.6. The second-order valence-electron chi connectivity index (χ2n) is 10.9. The number of aliphatic hydroxyl groups excluding tert-OH is 1. The summed E-state index contributed by atoms with van der Waals surface area (Å²) in [6.45, 7) is 15.8. The predicted molar refractivity (Wildman–Crippen MR) is 121 cm³/mol. The smallest absolute Gasteiger partial charge is 0.0854 e. The number of hydrogen-bond donors (Lipinski definition) is 1. The van der Waals surface area contributed by atoms with Crippen molar-refractivity contribution < 1.29 is 5.11 Å². The van der Waals surface area contributed by atoms with Crippen molar-refractivity contribution in [3.63, 3.8) is 0 Å². The van der Waals surface area contributed by atoms with Gasteiger partial charge in [-0.2, -0.15) is 0 Å². The van der Waals surface area contributed by atoms with E-state index in [2.05, 4.69) is 66.7 Å². The first-order chi connectivity index (χ1) is 12.6. The molecule has 0 aromatic rings. The minimum atomic E-state index is -0.374. The lowest BCUT2D eigenvalue weighted by atomic mass is 9.56. The largest absolute Gasteiger partial charge is 0.388 e. The molecule has 0 amide bonds. The molecule has 0 aromatic heterocycles. The van der Waals surface area contributed by atoms with Crippen molar-refractivity contribution in [2.75, 3.05) is 0 Å². The SMILES string of the molecule is CCCCCCCCCCCCC1(C(C)(C)C)C=CC=C(C(C)(C)C)C1O. The Morgan fingerprint density at radius 3 is 1.74 bits per heavy atom. The van der Waals surface area contributed by atoms with Gasteiger partial charge in [0, 0.05) is 5.41 Å². The van der Waals surface area contributed by atoms with Gasteiger partial charge in [-0.05, 0) is 22.8 Å². The van der Waals surface area contributed by atoms with E-state index in [0.29, 0.717) is 0 Å². The van der Waals surface area contributed by atoms with Crippen molar-refractivity contribution in [3.8, 4) is 0 Å². The topological polar surface area (TPSA) is 20.2 Å². The zero-order chi connectivity index (χ0) is 20.6. The standard InChI is InChI=1S/C26H48O/c1-8-9-10-11-12-13-14-15-16-17-20-26(25(5,6)7)21-18-19-22(23(26)27)24(2,3)4/h18-19,21,23,27H,8-17,20H2,1-7H3. The molecular formula is C26H48O. The van der Waals surface area contributed by atoms with Gasteiger partial charge in [0.15, 0.2) is 0 Å². The Kier molecular flexibility index (Phi) is 9.83. The van der Waals surface area contributed by atoms with E-state index in [-0.39, 0.29) is 22.3 Å². The van der Waals surface area contributed by atoms with E-state index in [1.165, 1.54) is 69.8 Å². The number of unbranched alkanes of at least 4 members (excludes halogenated alkanes) is 9. The Bertz CT molecular complexity index is 471. The maximum absolute atomic E-state index is 11.4. The summed E-state index contributed by atoms with van der Waals surface area (Å²) in [5, 5.41) is 11.4. The van der Waals surface area contributed by atoms with Crippen LogP contribution in [0.1, 0.15) is 119 Å². The molecule has 0 aliphatic heterocycles. The molecule has 1 nitrogen and oxygen atoms in total. The molecule has 1 aliphatic rings. The van der Waals surface area contributed by atoms with Crippen molar-refractivity contribution in [2.45, 2.75) is 125 Å². The molecule has 0 heterocycles. The number of rotatable bonds is 11. The zero-order valence-electron chi connectivity index (χ0n) is 19.5. The van der Waals surface area contributed by atoms with Crippen LogP contribution in [-0.2, 0) is 0 Å². The summed E-state index contributed by atoms with van der Waals surface area (Å²) >= 11 is 0. The second-order valence-corrected chi connectivity index (χ2v) is 10.9. The van der Waals surface area contributed by atoms with Crippen molar-refractivity contribution in [1.29, 1.82) is 0 Å². The van der Waals surface area contributed by atoms with Crippen LogP contribution in [0.15, 0.2) is 23.8 Å². The summed E-state index contributed by atoms with van der Waals surface area (Å²) in [6.07, 6.45) is 21.0. The van der Waals surface area contributed by atoms with Crippen LogP contribution >= 0.6 is 0 Å². The third-order valence-corrected chi connectivity index (χ3v) is 6.66. The Hall–Kier alpha value is -0.560. The molecule has 1 rings (SSSR count). The van der Waals surface area contributed by atoms with Gasteiger partial charge in [0.2, 0.25) is 0 Å². The fourth-order valence-corrected chi connectivity index (χ4v) is 4.60. The average Bonchev–Trinajstić information content (AvgIpc) is 2.55. The van der Waals surface area contributed by atoms with Gasteiger partial charge in [-0.3, -0.25) is 0 Å². The van der Waals surface area contributed by atoms with Gasteiger partial charge in [-0.25, -0.2) is 0 Å². The van der Waals surface area contributed by atoms with Crippen molar-refractivity contribution >= 4 is 0 Å². The van der Waals surface area contributed by atoms with Crippen LogP contribution in [0.3, 0.4) is 0 Å². The van der Waals surface area contributed by atoms with Crippen molar-refractivity contribution in [2.24, 2.45) is 16.2 Å².